The SMILES string of the molecule is O=S(=O)(NCCc1ncon1)c1cc(F)ccc1CO. The summed E-state index contributed by atoms with van der Waals surface area (Å²) in [6, 6.07) is 3.18. The lowest BCUT2D eigenvalue weighted by atomic mass is 10.2. The molecule has 0 spiro atoms. The molecule has 0 saturated heterocycles. The van der Waals surface area contributed by atoms with Crippen LogP contribution < -0.4 is 4.72 Å². The summed E-state index contributed by atoms with van der Waals surface area (Å²) < 4.78 is 44.0. The molecule has 7 nitrogen and oxygen atoms in total. The molecule has 1 aromatic heterocycles. The molecule has 0 bridgehead atoms. The van der Waals surface area contributed by atoms with Crippen LogP contribution in [0.3, 0.4) is 0 Å². The molecule has 2 aromatic rings. The van der Waals surface area contributed by atoms with Crippen molar-refractivity contribution in [2.24, 2.45) is 0 Å². The molecule has 0 aliphatic carbocycles. The van der Waals surface area contributed by atoms with Gasteiger partial charge in [-0.3, -0.25) is 0 Å². The number of aliphatic hydroxyl groups excluding tert-OH is 1. The van der Waals surface area contributed by atoms with Crippen LogP contribution in [0.4, 0.5) is 4.39 Å². The Morgan fingerprint density at radius 2 is 2.20 bits per heavy atom. The van der Waals surface area contributed by atoms with Crippen LogP contribution in [0.5, 0.6) is 0 Å². The van der Waals surface area contributed by atoms with E-state index in [4.69, 9.17) is 5.11 Å². The second-order valence-electron chi connectivity index (χ2n) is 3.91. The molecule has 0 atom stereocenters. The van der Waals surface area contributed by atoms with Crippen LogP contribution in [0.25, 0.3) is 0 Å². The summed E-state index contributed by atoms with van der Waals surface area (Å²) in [6.45, 7) is -0.468. The third-order valence-electron chi connectivity index (χ3n) is 2.54. The lowest BCUT2D eigenvalue weighted by Crippen LogP contribution is -2.27. The second-order valence-corrected chi connectivity index (χ2v) is 5.64. The first-order chi connectivity index (χ1) is 9.53. The first-order valence-electron chi connectivity index (χ1n) is 5.67. The number of aromatic nitrogens is 2. The van der Waals surface area contributed by atoms with Crippen LogP contribution in [0.15, 0.2) is 34.0 Å². The maximum Gasteiger partial charge on any atom is 0.241 e. The summed E-state index contributed by atoms with van der Waals surface area (Å²) in [4.78, 5) is 3.46. The number of hydrogen-bond donors (Lipinski definition) is 2. The van der Waals surface area contributed by atoms with E-state index in [0.717, 1.165) is 18.5 Å². The van der Waals surface area contributed by atoms with E-state index < -0.39 is 22.4 Å². The molecule has 2 N–H and O–H groups in total. The summed E-state index contributed by atoms with van der Waals surface area (Å²) in [5, 5.41) is 12.6. The van der Waals surface area contributed by atoms with E-state index in [2.05, 4.69) is 19.4 Å². The van der Waals surface area contributed by atoms with Gasteiger partial charge in [-0.1, -0.05) is 11.2 Å². The summed E-state index contributed by atoms with van der Waals surface area (Å²) in [5.74, 6) is -0.338. The lowest BCUT2D eigenvalue weighted by molar-refractivity contribution is 0.278. The standard InChI is InChI=1S/C11H12FN3O4S/c12-9-2-1-8(6-16)10(5-9)20(17,18)14-4-3-11-13-7-19-15-11/h1-2,5,7,14,16H,3-4,6H2. The molecule has 0 saturated carbocycles. The maximum atomic E-state index is 13.2. The van der Waals surface area contributed by atoms with Gasteiger partial charge in [-0.05, 0) is 17.7 Å². The molecule has 0 aliphatic heterocycles. The van der Waals surface area contributed by atoms with Gasteiger partial charge in [-0.2, -0.15) is 4.98 Å². The van der Waals surface area contributed by atoms with Gasteiger partial charge < -0.3 is 9.63 Å². The van der Waals surface area contributed by atoms with Crippen molar-refractivity contribution in [1.82, 2.24) is 14.9 Å². The van der Waals surface area contributed by atoms with E-state index in [-0.39, 0.29) is 23.4 Å². The minimum atomic E-state index is -3.91. The Kier molecular flexibility index (Phi) is 4.42. The molecular weight excluding hydrogens is 289 g/mol. The fourth-order valence-corrected chi connectivity index (χ4v) is 2.86. The Hall–Kier alpha value is -1.84. The first kappa shape index (κ1) is 14.6. The van der Waals surface area contributed by atoms with Gasteiger partial charge in [0.25, 0.3) is 0 Å². The largest absolute Gasteiger partial charge is 0.392 e. The molecule has 9 heteroatoms. The van der Waals surface area contributed by atoms with Crippen LogP contribution in [-0.4, -0.2) is 30.2 Å². The van der Waals surface area contributed by atoms with Crippen molar-refractivity contribution in [3.8, 4) is 0 Å². The summed E-state index contributed by atoms with van der Waals surface area (Å²) in [6.07, 6.45) is 1.37. The number of hydrogen-bond acceptors (Lipinski definition) is 6. The minimum Gasteiger partial charge on any atom is -0.392 e. The molecule has 20 heavy (non-hydrogen) atoms. The number of halogens is 1. The average molecular weight is 301 g/mol. The van der Waals surface area contributed by atoms with Gasteiger partial charge >= 0.3 is 0 Å². The highest BCUT2D eigenvalue weighted by atomic mass is 32.2. The highest BCUT2D eigenvalue weighted by Crippen LogP contribution is 2.17. The van der Waals surface area contributed by atoms with Gasteiger partial charge in [0.15, 0.2) is 5.82 Å². The van der Waals surface area contributed by atoms with E-state index in [1.54, 1.807) is 0 Å². The van der Waals surface area contributed by atoms with Crippen molar-refractivity contribution in [3.63, 3.8) is 0 Å². The van der Waals surface area contributed by atoms with E-state index in [1.807, 2.05) is 0 Å². The first-order valence-corrected chi connectivity index (χ1v) is 7.15. The van der Waals surface area contributed by atoms with Crippen LogP contribution in [0.2, 0.25) is 0 Å². The summed E-state index contributed by atoms with van der Waals surface area (Å²) in [5.41, 5.74) is 0.124. The van der Waals surface area contributed by atoms with Gasteiger partial charge in [0.1, 0.15) is 5.82 Å². The highest BCUT2D eigenvalue weighted by Gasteiger charge is 2.18. The van der Waals surface area contributed by atoms with Gasteiger partial charge in [0.05, 0.1) is 11.5 Å². The van der Waals surface area contributed by atoms with Crippen molar-refractivity contribution in [2.75, 3.05) is 6.54 Å². The quantitative estimate of drug-likeness (QED) is 0.791. The number of nitrogens with zero attached hydrogens (tertiary/aromatic N) is 2. The van der Waals surface area contributed by atoms with Crippen LogP contribution in [-0.2, 0) is 23.1 Å². The normalized spacial score (nSPS) is 11.7. The third-order valence-corrected chi connectivity index (χ3v) is 4.08. The monoisotopic (exact) mass is 301 g/mol. The fourth-order valence-electron chi connectivity index (χ4n) is 1.59. The van der Waals surface area contributed by atoms with E-state index in [1.165, 1.54) is 6.07 Å². The van der Waals surface area contributed by atoms with Crippen LogP contribution >= 0.6 is 0 Å². The number of sulfonamides is 1. The number of rotatable bonds is 6. The van der Waals surface area contributed by atoms with Gasteiger partial charge in [0.2, 0.25) is 16.4 Å². The molecule has 0 aliphatic rings. The molecular formula is C11H12FN3O4S. The Morgan fingerprint density at radius 3 is 2.85 bits per heavy atom. The van der Waals surface area contributed by atoms with E-state index in [9.17, 15) is 12.8 Å². The van der Waals surface area contributed by atoms with Crippen molar-refractivity contribution in [3.05, 3.63) is 41.8 Å². The van der Waals surface area contributed by atoms with Crippen LogP contribution in [0.1, 0.15) is 11.4 Å². The van der Waals surface area contributed by atoms with Crippen LogP contribution in [0, 0.1) is 5.82 Å². The molecule has 1 aromatic carbocycles. The Balaban J connectivity index is 2.11. The van der Waals surface area contributed by atoms with Gasteiger partial charge in [0, 0.05) is 13.0 Å². The van der Waals surface area contributed by atoms with Gasteiger partial charge in [-0.15, -0.1) is 0 Å². The molecule has 0 fully saturated rings. The zero-order valence-corrected chi connectivity index (χ0v) is 11.1. The average Bonchev–Trinajstić information content (AvgIpc) is 2.91. The van der Waals surface area contributed by atoms with E-state index in [0.29, 0.717) is 5.82 Å². The highest BCUT2D eigenvalue weighted by molar-refractivity contribution is 7.89. The number of nitrogens with one attached hydrogen (secondary N) is 1. The Morgan fingerprint density at radius 1 is 1.40 bits per heavy atom. The fraction of sp³-hybridized carbons (Fsp3) is 0.273. The predicted octanol–water partition coefficient (Wildman–Crippen LogP) is 0.222. The maximum absolute atomic E-state index is 13.2. The zero-order chi connectivity index (χ0) is 14.6. The predicted molar refractivity (Wildman–Crippen MR) is 65.5 cm³/mol. The summed E-state index contributed by atoms with van der Waals surface area (Å²) in [7, 11) is -3.91. The zero-order valence-electron chi connectivity index (χ0n) is 10.3. The molecule has 0 radical (unpaired) electrons. The van der Waals surface area contributed by atoms with Crippen molar-refractivity contribution >= 4 is 10.0 Å². The minimum absolute atomic E-state index is 0.0310. The molecule has 108 valence electrons. The smallest absolute Gasteiger partial charge is 0.241 e. The van der Waals surface area contributed by atoms with E-state index >= 15 is 0 Å². The molecule has 0 amide bonds. The Labute approximate surface area is 114 Å². The topological polar surface area (TPSA) is 105 Å². The Bertz CT molecular complexity index is 673. The molecule has 2 rings (SSSR count). The summed E-state index contributed by atoms with van der Waals surface area (Å²) >= 11 is 0. The van der Waals surface area contributed by atoms with Crippen molar-refractivity contribution < 1.29 is 22.4 Å². The molecule has 0 unspecified atom stereocenters. The second kappa shape index (κ2) is 6.07. The van der Waals surface area contributed by atoms with Gasteiger partial charge in [-0.25, -0.2) is 17.5 Å². The van der Waals surface area contributed by atoms with Crippen molar-refractivity contribution in [1.29, 1.82) is 0 Å². The number of aliphatic hydroxyl groups is 1. The molecule has 1 heterocycles. The third kappa shape index (κ3) is 3.38. The van der Waals surface area contributed by atoms with Crippen molar-refractivity contribution in [2.45, 2.75) is 17.9 Å². The lowest BCUT2D eigenvalue weighted by Gasteiger charge is -2.09. The number of benzene rings is 1.